The monoisotopic (exact) mass is 1140 g/mol. The van der Waals surface area contributed by atoms with Crippen LogP contribution in [0, 0.1) is 0 Å². The van der Waals surface area contributed by atoms with Crippen molar-refractivity contribution in [3.05, 3.63) is 170 Å². The van der Waals surface area contributed by atoms with Crippen LogP contribution in [0.3, 0.4) is 0 Å². The van der Waals surface area contributed by atoms with Crippen LogP contribution in [0.5, 0.6) is 0 Å². The molecule has 0 heterocycles. The third-order valence-electron chi connectivity index (χ3n) is 13.7. The molecule has 83 heavy (non-hydrogen) atoms. The number of hydrogen-bond acceptors (Lipinski definition) is 6. The van der Waals surface area contributed by atoms with Crippen molar-refractivity contribution in [3.8, 4) is 0 Å². The van der Waals surface area contributed by atoms with Crippen molar-refractivity contribution in [2.75, 3.05) is 13.2 Å². The van der Waals surface area contributed by atoms with Gasteiger partial charge in [0.15, 0.2) is 6.10 Å². The molecule has 466 valence electrons. The standard InChI is InChI=1S/C77H122O6/c1-4-7-10-13-16-19-22-25-28-31-33-35-36-37-38-39-40-42-43-46-49-52-55-58-61-64-67-70-76(79)82-73-74(72-81-75(78)69-66-63-60-57-54-51-48-45-30-27-24-21-18-15-12-9-6-3)83-77(80)71-68-65-62-59-56-53-50-47-44-41-34-32-29-26-23-20-17-14-11-8-5-2/h7-8,10-11,16-17,19-20,25-26,28-29,33-35,37-38,40-42,46-47,49-50,55-56,58-59,74H,4-6,9,12-15,18,21-24,27,30-32,36,39,43-45,48,51-54,57,60-73H2,1-3H3/b10-7-,11-8-,19-16-,20-17-,28-25-,29-26-,35-33-,38-37-,41-34-,42-40-,49-46-,50-47-,58-55-,59-56-. The molecule has 0 spiro atoms. The predicted octanol–water partition coefficient (Wildman–Crippen LogP) is 23.4. The van der Waals surface area contributed by atoms with Crippen molar-refractivity contribution in [1.29, 1.82) is 0 Å². The fourth-order valence-corrected chi connectivity index (χ4v) is 8.76. The highest BCUT2D eigenvalue weighted by atomic mass is 16.6. The molecule has 0 aromatic rings. The lowest BCUT2D eigenvalue weighted by molar-refractivity contribution is -0.167. The molecule has 0 aliphatic heterocycles. The Bertz CT molecular complexity index is 1890. The summed E-state index contributed by atoms with van der Waals surface area (Å²) in [6.07, 6.45) is 102. The van der Waals surface area contributed by atoms with Gasteiger partial charge in [-0.15, -0.1) is 0 Å². The highest BCUT2D eigenvalue weighted by Gasteiger charge is 2.19. The van der Waals surface area contributed by atoms with Crippen LogP contribution < -0.4 is 0 Å². The number of allylic oxidation sites excluding steroid dienone is 28. The van der Waals surface area contributed by atoms with Gasteiger partial charge in [-0.25, -0.2) is 0 Å². The van der Waals surface area contributed by atoms with Crippen LogP contribution in [0.4, 0.5) is 0 Å². The summed E-state index contributed by atoms with van der Waals surface area (Å²) in [4.78, 5) is 38.4. The summed E-state index contributed by atoms with van der Waals surface area (Å²) < 4.78 is 16.9. The Labute approximate surface area is 511 Å². The van der Waals surface area contributed by atoms with Crippen molar-refractivity contribution in [1.82, 2.24) is 0 Å². The van der Waals surface area contributed by atoms with Crippen molar-refractivity contribution in [2.45, 2.75) is 284 Å². The summed E-state index contributed by atoms with van der Waals surface area (Å²) in [5.74, 6) is -1.00. The van der Waals surface area contributed by atoms with Gasteiger partial charge in [-0.3, -0.25) is 14.4 Å². The summed E-state index contributed by atoms with van der Waals surface area (Å²) in [6.45, 7) is 6.35. The lowest BCUT2D eigenvalue weighted by atomic mass is 10.0. The van der Waals surface area contributed by atoms with E-state index in [1.165, 1.54) is 89.9 Å². The van der Waals surface area contributed by atoms with Gasteiger partial charge in [-0.2, -0.15) is 0 Å². The SMILES string of the molecule is CC/C=C\C/C=C\C/C=C\C/C=C\C/C=C\C/C=C\C/C=C\C/C=C\CCCCC(=O)OCC(COC(=O)CCCCCCCCCCCCCCCCCCC)OC(=O)CCCC/C=C\C/C=C\C/C=C\C/C=C\C/C=C\C/C=C\CC. The number of hydrogen-bond donors (Lipinski definition) is 0. The number of carbonyl (C=O) groups is 3. The topological polar surface area (TPSA) is 78.9 Å². The van der Waals surface area contributed by atoms with Crippen LogP contribution >= 0.6 is 0 Å². The molecule has 0 radical (unpaired) electrons. The van der Waals surface area contributed by atoms with E-state index >= 15 is 0 Å². The fourth-order valence-electron chi connectivity index (χ4n) is 8.76. The first-order valence-corrected chi connectivity index (χ1v) is 33.6. The van der Waals surface area contributed by atoms with E-state index in [-0.39, 0.29) is 44.0 Å². The minimum absolute atomic E-state index is 0.115. The molecule has 0 fully saturated rings. The molecule has 0 saturated heterocycles. The molecule has 1 atom stereocenters. The molecule has 0 aliphatic carbocycles. The Hall–Kier alpha value is -5.23. The smallest absolute Gasteiger partial charge is 0.306 e. The summed E-state index contributed by atoms with van der Waals surface area (Å²) >= 11 is 0. The maximum absolute atomic E-state index is 12.9. The minimum Gasteiger partial charge on any atom is -0.462 e. The summed E-state index contributed by atoms with van der Waals surface area (Å²) in [5.41, 5.74) is 0. The van der Waals surface area contributed by atoms with E-state index in [1.807, 2.05) is 0 Å². The van der Waals surface area contributed by atoms with Crippen LogP contribution in [0.15, 0.2) is 170 Å². The maximum atomic E-state index is 12.9. The largest absolute Gasteiger partial charge is 0.462 e. The molecule has 0 aromatic heterocycles. The Kier molecular flexibility index (Phi) is 64.9. The Morgan fingerprint density at radius 1 is 0.253 bits per heavy atom. The zero-order valence-corrected chi connectivity index (χ0v) is 53.4. The van der Waals surface area contributed by atoms with Crippen molar-refractivity contribution < 1.29 is 28.6 Å². The normalized spacial score (nSPS) is 13.2. The molecule has 0 aromatic carbocycles. The van der Waals surface area contributed by atoms with Gasteiger partial charge in [0.1, 0.15) is 13.2 Å². The summed E-state index contributed by atoms with van der Waals surface area (Å²) in [5, 5.41) is 0. The second kappa shape index (κ2) is 69.3. The zero-order valence-electron chi connectivity index (χ0n) is 53.4. The first kappa shape index (κ1) is 77.8. The Morgan fingerprint density at radius 2 is 0.470 bits per heavy atom. The van der Waals surface area contributed by atoms with Gasteiger partial charge < -0.3 is 14.2 Å². The average Bonchev–Trinajstić information content (AvgIpc) is 3.49. The van der Waals surface area contributed by atoms with E-state index in [2.05, 4.69) is 191 Å². The second-order valence-corrected chi connectivity index (χ2v) is 21.6. The fraction of sp³-hybridized carbons (Fsp3) is 0.597. The van der Waals surface area contributed by atoms with Gasteiger partial charge in [0, 0.05) is 19.3 Å². The third-order valence-corrected chi connectivity index (χ3v) is 13.7. The Morgan fingerprint density at radius 3 is 0.735 bits per heavy atom. The molecular formula is C77H122O6. The van der Waals surface area contributed by atoms with Gasteiger partial charge in [-0.05, 0) is 135 Å². The highest BCUT2D eigenvalue weighted by molar-refractivity contribution is 5.71. The summed E-state index contributed by atoms with van der Waals surface area (Å²) in [7, 11) is 0. The van der Waals surface area contributed by atoms with Crippen molar-refractivity contribution in [3.63, 3.8) is 0 Å². The van der Waals surface area contributed by atoms with Gasteiger partial charge in [-0.1, -0.05) is 294 Å². The van der Waals surface area contributed by atoms with Crippen LogP contribution in [-0.2, 0) is 28.6 Å². The third kappa shape index (κ3) is 67.4. The van der Waals surface area contributed by atoms with E-state index in [4.69, 9.17) is 14.2 Å². The van der Waals surface area contributed by atoms with E-state index in [0.717, 1.165) is 135 Å². The van der Waals surface area contributed by atoms with E-state index in [0.29, 0.717) is 19.3 Å². The lowest BCUT2D eigenvalue weighted by Crippen LogP contribution is -2.30. The molecule has 0 aliphatic rings. The average molecular weight is 1140 g/mol. The van der Waals surface area contributed by atoms with Gasteiger partial charge in [0.05, 0.1) is 0 Å². The molecule has 6 heteroatoms. The molecular weight excluding hydrogens is 1020 g/mol. The maximum Gasteiger partial charge on any atom is 0.306 e. The van der Waals surface area contributed by atoms with E-state index < -0.39 is 6.10 Å². The van der Waals surface area contributed by atoms with Gasteiger partial charge in [0.25, 0.3) is 0 Å². The second-order valence-electron chi connectivity index (χ2n) is 21.6. The van der Waals surface area contributed by atoms with E-state index in [9.17, 15) is 14.4 Å². The quantitative estimate of drug-likeness (QED) is 0.0261. The first-order valence-electron chi connectivity index (χ1n) is 33.6. The van der Waals surface area contributed by atoms with Crippen molar-refractivity contribution in [2.24, 2.45) is 0 Å². The Balaban J connectivity index is 4.56. The first-order chi connectivity index (χ1) is 41.0. The molecule has 6 nitrogen and oxygen atoms in total. The van der Waals surface area contributed by atoms with Gasteiger partial charge >= 0.3 is 17.9 Å². The minimum atomic E-state index is -0.829. The lowest BCUT2D eigenvalue weighted by Gasteiger charge is -2.18. The molecule has 0 N–H and O–H groups in total. The number of carbonyl (C=O) groups excluding carboxylic acids is 3. The van der Waals surface area contributed by atoms with Crippen molar-refractivity contribution >= 4 is 17.9 Å². The molecule has 0 amide bonds. The van der Waals surface area contributed by atoms with Crippen LogP contribution in [0.1, 0.15) is 278 Å². The van der Waals surface area contributed by atoms with Crippen LogP contribution in [0.2, 0.25) is 0 Å². The number of ether oxygens (including phenoxy) is 3. The number of unbranched alkanes of at least 4 members (excludes halogenated alkanes) is 20. The number of rotatable bonds is 59. The molecule has 0 saturated carbocycles. The molecule has 0 bridgehead atoms. The predicted molar refractivity (Wildman–Crippen MR) is 361 cm³/mol. The van der Waals surface area contributed by atoms with E-state index in [1.54, 1.807) is 0 Å². The molecule has 1 unspecified atom stereocenters. The van der Waals surface area contributed by atoms with Crippen LogP contribution in [0.25, 0.3) is 0 Å². The van der Waals surface area contributed by atoms with Gasteiger partial charge in [0.2, 0.25) is 0 Å². The highest BCUT2D eigenvalue weighted by Crippen LogP contribution is 2.15. The number of esters is 3. The molecule has 0 rings (SSSR count). The zero-order chi connectivity index (χ0) is 59.9. The van der Waals surface area contributed by atoms with Crippen LogP contribution in [-0.4, -0.2) is 37.2 Å². The summed E-state index contributed by atoms with van der Waals surface area (Å²) in [6, 6.07) is 0.